The Morgan fingerprint density at radius 2 is 1.95 bits per heavy atom. The number of rotatable bonds is 5. The number of nitrogens with zero attached hydrogens (tertiary/aromatic N) is 1. The fourth-order valence-corrected chi connectivity index (χ4v) is 1.68. The van der Waals surface area contributed by atoms with Crippen molar-refractivity contribution in [2.75, 3.05) is 19.0 Å². The van der Waals surface area contributed by atoms with Crippen LogP contribution < -0.4 is 20.1 Å². The molecule has 1 amide bonds. The lowest BCUT2D eigenvalue weighted by molar-refractivity contribution is -0.384. The molecule has 0 unspecified atom stereocenters. The Kier molecular flexibility index (Phi) is 5.56. The fourth-order valence-electron chi connectivity index (χ4n) is 1.68. The zero-order chi connectivity index (χ0) is 16.9. The first kappa shape index (κ1) is 17.5. The summed E-state index contributed by atoms with van der Waals surface area (Å²) in [5, 5.41) is 16.4. The van der Waals surface area contributed by atoms with Crippen LogP contribution in [0.1, 0.15) is 27.7 Å². The predicted octanol–water partition coefficient (Wildman–Crippen LogP) is 2.92. The van der Waals surface area contributed by atoms with E-state index in [4.69, 9.17) is 9.47 Å². The molecule has 0 aliphatic rings. The van der Waals surface area contributed by atoms with Crippen molar-refractivity contribution in [3.63, 3.8) is 0 Å². The van der Waals surface area contributed by atoms with E-state index in [0.717, 1.165) is 0 Å². The number of carbonyl (C=O) groups is 1. The van der Waals surface area contributed by atoms with Gasteiger partial charge in [-0.15, -0.1) is 0 Å². The third-order valence-corrected chi connectivity index (χ3v) is 2.51. The summed E-state index contributed by atoms with van der Waals surface area (Å²) in [4.78, 5) is 22.4. The Bertz CT molecular complexity index is 566. The zero-order valence-electron chi connectivity index (χ0n) is 13.4. The summed E-state index contributed by atoms with van der Waals surface area (Å²) in [5.41, 5.74) is -0.392. The largest absolute Gasteiger partial charge is 0.490 e. The lowest BCUT2D eigenvalue weighted by Crippen LogP contribution is -2.42. The molecule has 0 atom stereocenters. The molecule has 0 fully saturated rings. The number of amides is 1. The lowest BCUT2D eigenvalue weighted by atomic mass is 10.1. The van der Waals surface area contributed by atoms with Crippen molar-refractivity contribution in [2.45, 2.75) is 33.2 Å². The standard InChI is InChI=1S/C14H21N3O5/c1-6-21-11-8-10(17(19)20)9(15-5)7-12(11)22-13(18)16-14(2,3)4/h7-8,15H,6H2,1-5H3,(H,16,18). The second kappa shape index (κ2) is 6.97. The predicted molar refractivity (Wildman–Crippen MR) is 82.7 cm³/mol. The number of nitrogens with one attached hydrogen (secondary N) is 2. The van der Waals surface area contributed by atoms with E-state index < -0.39 is 16.6 Å². The number of hydrogen-bond donors (Lipinski definition) is 2. The van der Waals surface area contributed by atoms with Gasteiger partial charge in [0.15, 0.2) is 11.5 Å². The molecule has 8 nitrogen and oxygen atoms in total. The van der Waals surface area contributed by atoms with Crippen molar-refractivity contribution < 1.29 is 19.2 Å². The Labute approximate surface area is 128 Å². The molecule has 0 saturated carbocycles. The van der Waals surface area contributed by atoms with Crippen LogP contribution in [-0.2, 0) is 0 Å². The van der Waals surface area contributed by atoms with Gasteiger partial charge in [-0.2, -0.15) is 0 Å². The summed E-state index contributed by atoms with van der Waals surface area (Å²) in [5.74, 6) is 0.246. The second-order valence-electron chi connectivity index (χ2n) is 5.52. The number of carbonyl (C=O) groups excluding carboxylic acids is 1. The summed E-state index contributed by atoms with van der Waals surface area (Å²) < 4.78 is 10.5. The maximum absolute atomic E-state index is 11.9. The Morgan fingerprint density at radius 3 is 2.41 bits per heavy atom. The zero-order valence-corrected chi connectivity index (χ0v) is 13.4. The van der Waals surface area contributed by atoms with Crippen molar-refractivity contribution in [3.05, 3.63) is 22.2 Å². The normalized spacial score (nSPS) is 10.8. The molecule has 0 bridgehead atoms. The molecule has 0 spiro atoms. The van der Waals surface area contributed by atoms with E-state index >= 15 is 0 Å². The summed E-state index contributed by atoms with van der Waals surface area (Å²) in [6.45, 7) is 7.45. The Morgan fingerprint density at radius 1 is 1.32 bits per heavy atom. The van der Waals surface area contributed by atoms with Crippen LogP contribution in [0.25, 0.3) is 0 Å². The SMILES string of the molecule is CCOc1cc([N+](=O)[O-])c(NC)cc1OC(=O)NC(C)(C)C. The van der Waals surface area contributed by atoms with Crippen molar-refractivity contribution in [1.82, 2.24) is 5.32 Å². The van der Waals surface area contributed by atoms with E-state index in [9.17, 15) is 14.9 Å². The van der Waals surface area contributed by atoms with Gasteiger partial charge in [0.25, 0.3) is 5.69 Å². The third kappa shape index (κ3) is 4.80. The Hall–Kier alpha value is -2.51. The highest BCUT2D eigenvalue weighted by atomic mass is 16.6. The number of nitro groups is 1. The van der Waals surface area contributed by atoms with Gasteiger partial charge in [0.2, 0.25) is 0 Å². The summed E-state index contributed by atoms with van der Waals surface area (Å²) in [6, 6.07) is 2.60. The van der Waals surface area contributed by atoms with Gasteiger partial charge >= 0.3 is 6.09 Å². The fraction of sp³-hybridized carbons (Fsp3) is 0.500. The molecule has 1 aromatic rings. The van der Waals surface area contributed by atoms with Crippen LogP contribution in [0.3, 0.4) is 0 Å². The molecule has 0 aromatic heterocycles. The minimum atomic E-state index is -0.663. The van der Waals surface area contributed by atoms with Crippen LogP contribution in [0.5, 0.6) is 11.5 Å². The molecule has 122 valence electrons. The molecule has 8 heteroatoms. The summed E-state index contributed by atoms with van der Waals surface area (Å²) in [6.07, 6.45) is -0.663. The molecule has 0 aliphatic carbocycles. The van der Waals surface area contributed by atoms with Gasteiger partial charge < -0.3 is 20.1 Å². The smallest absolute Gasteiger partial charge is 0.413 e. The molecular formula is C14H21N3O5. The van der Waals surface area contributed by atoms with E-state index in [-0.39, 0.29) is 29.5 Å². The van der Waals surface area contributed by atoms with Gasteiger partial charge in [0.1, 0.15) is 5.69 Å². The highest BCUT2D eigenvalue weighted by Gasteiger charge is 2.22. The maximum Gasteiger partial charge on any atom is 0.413 e. The minimum Gasteiger partial charge on any atom is -0.490 e. The van der Waals surface area contributed by atoms with Crippen molar-refractivity contribution in [2.24, 2.45) is 0 Å². The molecule has 2 N–H and O–H groups in total. The Balaban J connectivity index is 3.16. The van der Waals surface area contributed by atoms with Crippen LogP contribution in [0.4, 0.5) is 16.2 Å². The third-order valence-electron chi connectivity index (χ3n) is 2.51. The van der Waals surface area contributed by atoms with E-state index in [1.807, 2.05) is 20.8 Å². The number of nitro benzene ring substituents is 1. The number of ether oxygens (including phenoxy) is 2. The van der Waals surface area contributed by atoms with Gasteiger partial charge in [-0.1, -0.05) is 0 Å². The number of hydrogen-bond acceptors (Lipinski definition) is 6. The molecule has 1 rings (SSSR count). The maximum atomic E-state index is 11.9. The van der Waals surface area contributed by atoms with Crippen LogP contribution in [0, 0.1) is 10.1 Å². The topological polar surface area (TPSA) is 103 Å². The van der Waals surface area contributed by atoms with E-state index in [2.05, 4.69) is 10.6 Å². The quantitative estimate of drug-likeness (QED) is 0.640. The van der Waals surface area contributed by atoms with Crippen molar-refractivity contribution in [1.29, 1.82) is 0 Å². The number of anilines is 1. The van der Waals surface area contributed by atoms with Crippen LogP contribution in [0.2, 0.25) is 0 Å². The van der Waals surface area contributed by atoms with Gasteiger partial charge in [0.05, 0.1) is 17.6 Å². The van der Waals surface area contributed by atoms with E-state index in [1.54, 1.807) is 14.0 Å². The molecular weight excluding hydrogens is 290 g/mol. The van der Waals surface area contributed by atoms with Gasteiger partial charge in [-0.05, 0) is 27.7 Å². The van der Waals surface area contributed by atoms with Crippen LogP contribution in [0.15, 0.2) is 12.1 Å². The minimum absolute atomic E-state index is 0.110. The molecule has 1 aromatic carbocycles. The van der Waals surface area contributed by atoms with Crippen molar-refractivity contribution in [3.8, 4) is 11.5 Å². The molecule has 0 heterocycles. The lowest BCUT2D eigenvalue weighted by Gasteiger charge is -2.20. The first-order valence-electron chi connectivity index (χ1n) is 6.81. The monoisotopic (exact) mass is 311 g/mol. The van der Waals surface area contributed by atoms with E-state index in [1.165, 1.54) is 12.1 Å². The average Bonchev–Trinajstić information content (AvgIpc) is 2.37. The summed E-state index contributed by atoms with van der Waals surface area (Å²) >= 11 is 0. The van der Waals surface area contributed by atoms with Gasteiger partial charge in [-0.25, -0.2) is 4.79 Å². The molecule has 22 heavy (non-hydrogen) atoms. The second-order valence-corrected chi connectivity index (χ2v) is 5.52. The molecule has 0 radical (unpaired) electrons. The van der Waals surface area contributed by atoms with E-state index in [0.29, 0.717) is 0 Å². The van der Waals surface area contributed by atoms with Gasteiger partial charge in [0, 0.05) is 18.7 Å². The van der Waals surface area contributed by atoms with Gasteiger partial charge in [-0.3, -0.25) is 10.1 Å². The first-order chi connectivity index (χ1) is 10.2. The summed E-state index contributed by atoms with van der Waals surface area (Å²) in [7, 11) is 1.54. The van der Waals surface area contributed by atoms with Crippen LogP contribution >= 0.6 is 0 Å². The first-order valence-corrected chi connectivity index (χ1v) is 6.81. The number of benzene rings is 1. The van der Waals surface area contributed by atoms with Crippen molar-refractivity contribution >= 4 is 17.5 Å². The highest BCUT2D eigenvalue weighted by molar-refractivity contribution is 5.75. The molecule has 0 aliphatic heterocycles. The highest BCUT2D eigenvalue weighted by Crippen LogP contribution is 2.37. The molecule has 0 saturated heterocycles. The van der Waals surface area contributed by atoms with Crippen LogP contribution in [-0.4, -0.2) is 30.2 Å². The average molecular weight is 311 g/mol.